The highest BCUT2D eigenvalue weighted by Crippen LogP contribution is 2.32. The van der Waals surface area contributed by atoms with E-state index in [1.807, 2.05) is 6.92 Å². The van der Waals surface area contributed by atoms with Crippen molar-refractivity contribution in [2.45, 2.75) is 13.0 Å². The van der Waals surface area contributed by atoms with Crippen LogP contribution in [0.4, 0.5) is 0 Å². The fourth-order valence-electron chi connectivity index (χ4n) is 1.45. The van der Waals surface area contributed by atoms with Crippen molar-refractivity contribution >= 4 is 29.1 Å². The minimum absolute atomic E-state index is 0.212. The van der Waals surface area contributed by atoms with Gasteiger partial charge in [0.1, 0.15) is 11.9 Å². The number of halogens is 1. The lowest BCUT2D eigenvalue weighted by Crippen LogP contribution is -2.01. The van der Waals surface area contributed by atoms with Crippen molar-refractivity contribution in [3.8, 4) is 10.9 Å². The zero-order valence-electron chi connectivity index (χ0n) is 11.6. The van der Waals surface area contributed by atoms with Gasteiger partial charge in [0.25, 0.3) is 5.19 Å². The van der Waals surface area contributed by atoms with Crippen LogP contribution in [0.1, 0.15) is 29.2 Å². The van der Waals surface area contributed by atoms with Crippen LogP contribution in [0.3, 0.4) is 0 Å². The Labute approximate surface area is 130 Å². The number of hydrogen-bond acceptors (Lipinski definition) is 7. The molecule has 1 aromatic carbocycles. The first-order chi connectivity index (χ1) is 10.0. The number of benzene rings is 1. The summed E-state index contributed by atoms with van der Waals surface area (Å²) in [6.07, 6.45) is -0.212. The van der Waals surface area contributed by atoms with Crippen LogP contribution < -0.4 is 4.74 Å². The lowest BCUT2D eigenvalue weighted by molar-refractivity contribution is 0.0600. The molecular weight excluding hydrogens is 316 g/mol. The Morgan fingerprint density at radius 3 is 2.76 bits per heavy atom. The average Bonchev–Trinajstić information content (AvgIpc) is 2.96. The van der Waals surface area contributed by atoms with Gasteiger partial charge in [-0.15, -0.1) is 0 Å². The summed E-state index contributed by atoms with van der Waals surface area (Å²) in [7, 11) is 2.88. The van der Waals surface area contributed by atoms with Crippen LogP contribution in [0.5, 0.6) is 10.9 Å². The second-order valence-corrected chi connectivity index (χ2v) is 5.16. The van der Waals surface area contributed by atoms with Crippen LogP contribution in [0.15, 0.2) is 18.2 Å². The van der Waals surface area contributed by atoms with Crippen molar-refractivity contribution in [2.24, 2.45) is 0 Å². The third-order valence-electron chi connectivity index (χ3n) is 2.69. The second-order valence-electron chi connectivity index (χ2n) is 4.04. The fourth-order valence-corrected chi connectivity index (χ4v) is 2.30. The largest absolute Gasteiger partial charge is 0.465 e. The molecule has 1 unspecified atom stereocenters. The number of aromatic nitrogens is 2. The van der Waals surface area contributed by atoms with Crippen LogP contribution in [0.2, 0.25) is 5.02 Å². The summed E-state index contributed by atoms with van der Waals surface area (Å²) in [5.74, 6) is 0.465. The number of rotatable bonds is 5. The van der Waals surface area contributed by atoms with E-state index >= 15 is 0 Å². The monoisotopic (exact) mass is 328 g/mol. The third-order valence-corrected chi connectivity index (χ3v) is 3.60. The fraction of sp³-hybridized carbons (Fsp3) is 0.308. The predicted octanol–water partition coefficient (Wildman–Crippen LogP) is 3.48. The Bertz CT molecular complexity index is 647. The Hall–Kier alpha value is -1.70. The van der Waals surface area contributed by atoms with Crippen molar-refractivity contribution in [3.63, 3.8) is 0 Å². The Morgan fingerprint density at radius 1 is 1.38 bits per heavy atom. The quantitative estimate of drug-likeness (QED) is 0.783. The molecule has 6 nitrogen and oxygen atoms in total. The maximum Gasteiger partial charge on any atom is 0.337 e. The van der Waals surface area contributed by atoms with Gasteiger partial charge in [-0.3, -0.25) is 0 Å². The predicted molar refractivity (Wildman–Crippen MR) is 78.2 cm³/mol. The summed E-state index contributed by atoms with van der Waals surface area (Å²) in [5, 5.41) is 0.635. The molecule has 112 valence electrons. The van der Waals surface area contributed by atoms with Gasteiger partial charge in [0.2, 0.25) is 0 Å². The summed E-state index contributed by atoms with van der Waals surface area (Å²) in [4.78, 5) is 15.6. The van der Waals surface area contributed by atoms with Crippen molar-refractivity contribution in [2.75, 3.05) is 14.2 Å². The Balaban J connectivity index is 2.16. The molecule has 8 heteroatoms. The summed E-state index contributed by atoms with van der Waals surface area (Å²) in [6.45, 7) is 1.84. The lowest BCUT2D eigenvalue weighted by Gasteiger charge is -2.06. The molecule has 0 aliphatic heterocycles. The van der Waals surface area contributed by atoms with Crippen LogP contribution in [0.25, 0.3) is 0 Å². The van der Waals surface area contributed by atoms with E-state index in [0.717, 1.165) is 11.5 Å². The number of carbonyl (C=O) groups is 1. The standard InChI is InChI=1S/C13H13ClN2O4S/c1-7(18-2)11-15-13(21-16-11)20-10-5-4-8(6-9(10)14)12(17)19-3/h4-7H,1-3H3. The second kappa shape index (κ2) is 6.84. The molecule has 1 aromatic heterocycles. The van der Waals surface area contributed by atoms with E-state index in [9.17, 15) is 4.79 Å². The molecule has 1 atom stereocenters. The SMILES string of the molecule is COC(=O)c1ccc(Oc2nc(C(C)OC)ns2)c(Cl)c1. The van der Waals surface area contributed by atoms with E-state index in [2.05, 4.69) is 14.1 Å². The van der Waals surface area contributed by atoms with Gasteiger partial charge in [-0.1, -0.05) is 11.6 Å². The third kappa shape index (κ3) is 3.69. The molecule has 21 heavy (non-hydrogen) atoms. The molecule has 0 aliphatic rings. The summed E-state index contributed by atoms with van der Waals surface area (Å²) >= 11 is 7.17. The molecular formula is C13H13ClN2O4S. The first-order valence-electron chi connectivity index (χ1n) is 5.97. The van der Waals surface area contributed by atoms with Gasteiger partial charge in [0.05, 0.1) is 17.7 Å². The Morgan fingerprint density at radius 2 is 2.14 bits per heavy atom. The number of hydrogen-bond donors (Lipinski definition) is 0. The number of ether oxygens (including phenoxy) is 3. The van der Waals surface area contributed by atoms with E-state index < -0.39 is 5.97 Å². The molecule has 0 saturated carbocycles. The summed E-state index contributed by atoms with van der Waals surface area (Å²) in [6, 6.07) is 4.62. The molecule has 0 aliphatic carbocycles. The molecule has 0 amide bonds. The molecule has 2 rings (SSSR count). The van der Waals surface area contributed by atoms with Gasteiger partial charge in [-0.25, -0.2) is 4.79 Å². The summed E-state index contributed by atoms with van der Waals surface area (Å²) < 4.78 is 19.4. The van der Waals surface area contributed by atoms with E-state index in [1.54, 1.807) is 19.2 Å². The molecule has 0 fully saturated rings. The van der Waals surface area contributed by atoms with Crippen LogP contribution in [-0.4, -0.2) is 29.5 Å². The van der Waals surface area contributed by atoms with E-state index in [4.69, 9.17) is 21.1 Å². The minimum Gasteiger partial charge on any atom is -0.465 e. The van der Waals surface area contributed by atoms with Crippen molar-refractivity contribution in [1.29, 1.82) is 0 Å². The lowest BCUT2D eigenvalue weighted by atomic mass is 10.2. The van der Waals surface area contributed by atoms with Gasteiger partial charge >= 0.3 is 5.97 Å². The first-order valence-corrected chi connectivity index (χ1v) is 7.12. The highest BCUT2D eigenvalue weighted by atomic mass is 35.5. The number of esters is 1. The normalized spacial score (nSPS) is 12.0. The number of carbonyl (C=O) groups excluding carboxylic acids is 1. The maximum atomic E-state index is 11.4. The highest BCUT2D eigenvalue weighted by molar-refractivity contribution is 7.07. The van der Waals surface area contributed by atoms with Crippen LogP contribution >= 0.6 is 23.1 Å². The van der Waals surface area contributed by atoms with Gasteiger partial charge < -0.3 is 14.2 Å². The van der Waals surface area contributed by atoms with Crippen LogP contribution in [-0.2, 0) is 9.47 Å². The maximum absolute atomic E-state index is 11.4. The first kappa shape index (κ1) is 15.7. The molecule has 0 spiro atoms. The molecule has 1 heterocycles. The van der Waals surface area contributed by atoms with Gasteiger partial charge in [-0.2, -0.15) is 9.36 Å². The van der Waals surface area contributed by atoms with Crippen LogP contribution in [0, 0.1) is 0 Å². The van der Waals surface area contributed by atoms with Crippen molar-refractivity contribution in [1.82, 2.24) is 9.36 Å². The van der Waals surface area contributed by atoms with E-state index in [-0.39, 0.29) is 11.1 Å². The zero-order chi connectivity index (χ0) is 15.4. The van der Waals surface area contributed by atoms with Gasteiger partial charge in [-0.05, 0) is 25.1 Å². The molecule has 2 aromatic rings. The van der Waals surface area contributed by atoms with Gasteiger partial charge in [0.15, 0.2) is 5.82 Å². The minimum atomic E-state index is -0.462. The van der Waals surface area contributed by atoms with Gasteiger partial charge in [0, 0.05) is 18.6 Å². The van der Waals surface area contributed by atoms with E-state index in [0.29, 0.717) is 22.3 Å². The van der Waals surface area contributed by atoms with Crippen molar-refractivity contribution < 1.29 is 19.0 Å². The van der Waals surface area contributed by atoms with E-state index in [1.165, 1.54) is 13.2 Å². The zero-order valence-corrected chi connectivity index (χ0v) is 13.2. The highest BCUT2D eigenvalue weighted by Gasteiger charge is 2.15. The molecule has 0 radical (unpaired) electrons. The topological polar surface area (TPSA) is 70.5 Å². The molecule has 0 N–H and O–H groups in total. The number of nitrogens with zero attached hydrogens (tertiary/aromatic N) is 2. The molecule has 0 saturated heterocycles. The Kier molecular flexibility index (Phi) is 5.11. The summed E-state index contributed by atoms with van der Waals surface area (Å²) in [5.41, 5.74) is 0.348. The number of methoxy groups -OCH3 is 2. The molecule has 0 bridgehead atoms. The smallest absolute Gasteiger partial charge is 0.337 e. The van der Waals surface area contributed by atoms with Crippen molar-refractivity contribution in [3.05, 3.63) is 34.6 Å². The average molecular weight is 329 g/mol.